The van der Waals surface area contributed by atoms with Crippen LogP contribution < -0.4 is 15.1 Å². The van der Waals surface area contributed by atoms with Crippen LogP contribution in [0.3, 0.4) is 0 Å². The van der Waals surface area contributed by atoms with Crippen LogP contribution in [0.5, 0.6) is 0 Å². The quantitative estimate of drug-likeness (QED) is 0.392. The molecule has 2 fully saturated rings. The Labute approximate surface area is 191 Å². The van der Waals surface area contributed by atoms with E-state index in [1.807, 2.05) is 0 Å². The Morgan fingerprint density at radius 3 is 2.36 bits per heavy atom. The summed E-state index contributed by atoms with van der Waals surface area (Å²) in [6.07, 6.45) is -3.35. The summed E-state index contributed by atoms with van der Waals surface area (Å²) in [4.78, 5) is 30.6. The third kappa shape index (κ3) is 3.41. The molecule has 0 unspecified atom stereocenters. The second-order valence-electron chi connectivity index (χ2n) is 7.70. The number of alkyl halides is 3. The predicted octanol–water partition coefficient (Wildman–Crippen LogP) is 4.82. The largest absolute Gasteiger partial charge is 0.407 e. The van der Waals surface area contributed by atoms with Crippen molar-refractivity contribution in [1.29, 1.82) is 0 Å². The Morgan fingerprint density at radius 1 is 1.18 bits per heavy atom. The highest BCUT2D eigenvalue weighted by Gasteiger charge is 2.59. The molecule has 1 aliphatic carbocycles. The van der Waals surface area contributed by atoms with Gasteiger partial charge in [-0.3, -0.25) is 14.5 Å². The first-order chi connectivity index (χ1) is 15.5. The SMILES string of the molecule is [C-]#[N+]c1ccc(N2C(=O)C3(CCC3)N(c3ccc(C(=O)NC)c(F)c3)C2=S)cc1C(F)(F)F. The molecule has 2 aromatic rings. The van der Waals surface area contributed by atoms with Crippen LogP contribution in [0.4, 0.5) is 34.6 Å². The van der Waals surface area contributed by atoms with E-state index in [0.29, 0.717) is 19.3 Å². The predicted molar refractivity (Wildman–Crippen MR) is 117 cm³/mol. The summed E-state index contributed by atoms with van der Waals surface area (Å²) in [5.74, 6) is -1.97. The van der Waals surface area contributed by atoms with Gasteiger partial charge < -0.3 is 10.2 Å². The molecule has 1 saturated carbocycles. The molecular weight excluding hydrogens is 460 g/mol. The number of carbonyl (C=O) groups excluding carboxylic acids is 2. The first kappa shape index (κ1) is 22.7. The Bertz CT molecular complexity index is 1230. The maximum absolute atomic E-state index is 14.6. The third-order valence-corrected chi connectivity index (χ3v) is 6.30. The Hall–Kier alpha value is -3.52. The van der Waals surface area contributed by atoms with Crippen molar-refractivity contribution < 1.29 is 27.2 Å². The van der Waals surface area contributed by atoms with Gasteiger partial charge in [0.25, 0.3) is 11.8 Å². The minimum atomic E-state index is -4.80. The second-order valence-corrected chi connectivity index (χ2v) is 8.06. The Kier molecular flexibility index (Phi) is 5.36. The molecule has 2 aliphatic rings. The minimum absolute atomic E-state index is 0.101. The molecule has 0 atom stereocenters. The van der Waals surface area contributed by atoms with Crippen molar-refractivity contribution >= 4 is 46.2 Å². The summed E-state index contributed by atoms with van der Waals surface area (Å²) >= 11 is 5.49. The normalized spacial score (nSPS) is 17.2. The number of benzene rings is 2. The van der Waals surface area contributed by atoms with Crippen molar-refractivity contribution in [2.75, 3.05) is 16.8 Å². The van der Waals surface area contributed by atoms with Crippen molar-refractivity contribution in [3.63, 3.8) is 0 Å². The molecule has 33 heavy (non-hydrogen) atoms. The zero-order valence-corrected chi connectivity index (χ0v) is 18.0. The van der Waals surface area contributed by atoms with Crippen molar-refractivity contribution in [1.82, 2.24) is 5.32 Å². The van der Waals surface area contributed by atoms with Gasteiger partial charge in [0.2, 0.25) is 0 Å². The topological polar surface area (TPSA) is 57.0 Å². The number of nitrogens with one attached hydrogen (secondary N) is 1. The van der Waals surface area contributed by atoms with E-state index in [2.05, 4.69) is 10.2 Å². The molecule has 2 amide bonds. The van der Waals surface area contributed by atoms with Crippen molar-refractivity contribution in [3.8, 4) is 0 Å². The van der Waals surface area contributed by atoms with Crippen LogP contribution in [0.25, 0.3) is 4.85 Å². The van der Waals surface area contributed by atoms with Gasteiger partial charge in [-0.25, -0.2) is 9.24 Å². The summed E-state index contributed by atoms with van der Waals surface area (Å²) in [6.45, 7) is 7.00. The van der Waals surface area contributed by atoms with Gasteiger partial charge in [0.1, 0.15) is 11.4 Å². The van der Waals surface area contributed by atoms with Crippen LogP contribution in [0.2, 0.25) is 0 Å². The minimum Gasteiger partial charge on any atom is -0.355 e. The fourth-order valence-corrected chi connectivity index (χ4v) is 4.63. The van der Waals surface area contributed by atoms with E-state index in [-0.39, 0.29) is 22.1 Å². The number of hydrogen-bond donors (Lipinski definition) is 1. The van der Waals surface area contributed by atoms with E-state index in [0.717, 1.165) is 23.1 Å². The summed E-state index contributed by atoms with van der Waals surface area (Å²) in [5, 5.41) is 2.23. The van der Waals surface area contributed by atoms with Gasteiger partial charge in [-0.15, -0.1) is 0 Å². The summed E-state index contributed by atoms with van der Waals surface area (Å²) in [6, 6.07) is 6.74. The molecule has 1 spiro atoms. The lowest BCUT2D eigenvalue weighted by Gasteiger charge is -2.43. The lowest BCUT2D eigenvalue weighted by atomic mass is 9.75. The van der Waals surface area contributed by atoms with Crippen LogP contribution in [-0.4, -0.2) is 29.5 Å². The Balaban J connectivity index is 1.80. The number of carbonyl (C=O) groups is 2. The highest BCUT2D eigenvalue weighted by Crippen LogP contribution is 2.49. The molecule has 0 bridgehead atoms. The van der Waals surface area contributed by atoms with Gasteiger partial charge in [-0.1, -0.05) is 6.07 Å². The average molecular weight is 476 g/mol. The fourth-order valence-electron chi connectivity index (χ4n) is 4.16. The number of nitrogens with zero attached hydrogens (tertiary/aromatic N) is 3. The third-order valence-electron chi connectivity index (χ3n) is 5.94. The molecule has 11 heteroatoms. The molecular formula is C22H16F4N4O2S. The van der Waals surface area contributed by atoms with Crippen LogP contribution in [0.15, 0.2) is 36.4 Å². The number of halogens is 4. The first-order valence-electron chi connectivity index (χ1n) is 9.84. The molecule has 1 aliphatic heterocycles. The lowest BCUT2D eigenvalue weighted by Crippen LogP contribution is -2.55. The van der Waals surface area contributed by atoms with Crippen molar-refractivity contribution in [2.24, 2.45) is 0 Å². The van der Waals surface area contributed by atoms with Crippen LogP contribution in [0, 0.1) is 12.4 Å². The highest BCUT2D eigenvalue weighted by molar-refractivity contribution is 7.81. The van der Waals surface area contributed by atoms with E-state index in [9.17, 15) is 27.2 Å². The highest BCUT2D eigenvalue weighted by atomic mass is 32.1. The number of anilines is 2. The van der Waals surface area contributed by atoms with E-state index in [4.69, 9.17) is 18.8 Å². The molecule has 1 saturated heterocycles. The van der Waals surface area contributed by atoms with Crippen LogP contribution >= 0.6 is 12.2 Å². The monoisotopic (exact) mass is 476 g/mol. The van der Waals surface area contributed by atoms with Gasteiger partial charge in [0, 0.05) is 18.4 Å². The fraction of sp³-hybridized carbons (Fsp3) is 0.273. The van der Waals surface area contributed by atoms with Gasteiger partial charge in [0.05, 0.1) is 17.7 Å². The van der Waals surface area contributed by atoms with Crippen LogP contribution in [-0.2, 0) is 11.0 Å². The molecule has 0 radical (unpaired) electrons. The summed E-state index contributed by atoms with van der Waals surface area (Å²) < 4.78 is 55.1. The molecule has 1 N–H and O–H groups in total. The van der Waals surface area contributed by atoms with Crippen LogP contribution in [0.1, 0.15) is 35.2 Å². The number of hydrogen-bond acceptors (Lipinski definition) is 3. The van der Waals surface area contributed by atoms with Gasteiger partial charge >= 0.3 is 6.18 Å². The van der Waals surface area contributed by atoms with E-state index in [1.54, 1.807) is 0 Å². The zero-order valence-electron chi connectivity index (χ0n) is 17.2. The van der Waals surface area contributed by atoms with Gasteiger partial charge in [-0.2, -0.15) is 13.2 Å². The maximum atomic E-state index is 14.6. The molecule has 4 rings (SSSR count). The zero-order chi connectivity index (χ0) is 24.1. The van der Waals surface area contributed by atoms with Crippen molar-refractivity contribution in [3.05, 3.63) is 64.8 Å². The van der Waals surface area contributed by atoms with Gasteiger partial charge in [-0.05, 0) is 61.8 Å². The molecule has 170 valence electrons. The summed E-state index contributed by atoms with van der Waals surface area (Å²) in [5.41, 5.74) is -3.01. The van der Waals surface area contributed by atoms with Crippen molar-refractivity contribution in [2.45, 2.75) is 31.0 Å². The van der Waals surface area contributed by atoms with E-state index in [1.165, 1.54) is 30.1 Å². The number of amides is 2. The molecule has 6 nitrogen and oxygen atoms in total. The standard InChI is InChI=1S/C22H16F4N4O2S/c1-27-17-7-5-12(10-15(17)22(24,25)26)29-19(32)21(8-3-9-21)30(20(29)33)13-4-6-14(16(23)11-13)18(31)28-2/h4-7,10-11H,3,8-9H2,2H3,(H,28,31). The smallest absolute Gasteiger partial charge is 0.355 e. The molecule has 0 aromatic heterocycles. The van der Waals surface area contributed by atoms with E-state index >= 15 is 0 Å². The molecule has 2 aromatic carbocycles. The Morgan fingerprint density at radius 2 is 1.85 bits per heavy atom. The maximum Gasteiger partial charge on any atom is 0.407 e. The van der Waals surface area contributed by atoms with E-state index < -0.39 is 40.6 Å². The number of rotatable bonds is 3. The average Bonchev–Trinajstić information content (AvgIpc) is 2.98. The number of thiocarbonyl (C=S) groups is 1. The lowest BCUT2D eigenvalue weighted by molar-refractivity contribution is -0.137. The molecule has 1 heterocycles. The summed E-state index contributed by atoms with van der Waals surface area (Å²) in [7, 11) is 1.36. The van der Waals surface area contributed by atoms with Gasteiger partial charge in [0.15, 0.2) is 10.8 Å². The first-order valence-corrected chi connectivity index (χ1v) is 10.2. The second kappa shape index (κ2) is 7.81.